The van der Waals surface area contributed by atoms with Crippen molar-refractivity contribution in [2.24, 2.45) is 0 Å². The van der Waals surface area contributed by atoms with E-state index >= 15 is 0 Å². The molecule has 38 heavy (non-hydrogen) atoms. The van der Waals surface area contributed by atoms with E-state index in [1.165, 1.54) is 20.2 Å². The van der Waals surface area contributed by atoms with Crippen LogP contribution in [0.2, 0.25) is 0 Å². The highest BCUT2D eigenvalue weighted by atomic mass is 19.4. The summed E-state index contributed by atoms with van der Waals surface area (Å²) in [4.78, 5) is 35.2. The number of para-hydroxylation sites is 1. The Morgan fingerprint density at radius 3 is 2.66 bits per heavy atom. The molecule has 2 aliphatic rings. The lowest BCUT2D eigenvalue weighted by Crippen LogP contribution is -2.57. The van der Waals surface area contributed by atoms with Crippen molar-refractivity contribution in [3.8, 4) is 5.75 Å². The van der Waals surface area contributed by atoms with Gasteiger partial charge in [0.25, 0.3) is 5.91 Å². The average Bonchev–Trinajstić information content (AvgIpc) is 3.29. The molecular weight excluding hydrogens is 501 g/mol. The summed E-state index contributed by atoms with van der Waals surface area (Å²) in [5.74, 6) is 0.0997. The first-order valence-electron chi connectivity index (χ1n) is 12.4. The Hall–Kier alpha value is -3.67. The molecule has 2 aliphatic heterocycles. The molecule has 5 rings (SSSR count). The summed E-state index contributed by atoms with van der Waals surface area (Å²) in [7, 11) is 1.30. The molecule has 202 valence electrons. The molecule has 0 unspecified atom stereocenters. The number of aromatic nitrogens is 3. The second-order valence-corrected chi connectivity index (χ2v) is 10.1. The SMILES string of the molecule is C[C@@H](C(=O)N1Cc2ccccc2OC2(CCN(C(=O)c3cnc4[nH]ncc4c3)CC2)C1)N(C)CC(F)(F)F. The van der Waals surface area contributed by atoms with Crippen LogP contribution in [0.25, 0.3) is 11.0 Å². The first-order valence-corrected chi connectivity index (χ1v) is 12.4. The molecule has 4 heterocycles. The van der Waals surface area contributed by atoms with Crippen molar-refractivity contribution in [3.05, 3.63) is 53.9 Å². The molecular formula is C26H29F3N6O3. The molecule has 1 spiro atoms. The minimum atomic E-state index is -4.41. The van der Waals surface area contributed by atoms with Crippen LogP contribution in [0.1, 0.15) is 35.7 Å². The first-order chi connectivity index (χ1) is 18.0. The number of ether oxygens (including phenoxy) is 1. The van der Waals surface area contributed by atoms with Crippen LogP contribution in [0.3, 0.4) is 0 Å². The van der Waals surface area contributed by atoms with Crippen LogP contribution in [-0.4, -0.2) is 92.7 Å². The number of rotatable bonds is 4. The maximum absolute atomic E-state index is 13.4. The number of alkyl halides is 3. The van der Waals surface area contributed by atoms with Gasteiger partial charge in [-0.25, -0.2) is 4.98 Å². The Bertz CT molecular complexity index is 1340. The molecule has 12 heteroatoms. The van der Waals surface area contributed by atoms with Crippen molar-refractivity contribution in [3.63, 3.8) is 0 Å². The van der Waals surface area contributed by atoms with Gasteiger partial charge in [0.2, 0.25) is 5.91 Å². The zero-order valence-corrected chi connectivity index (χ0v) is 21.2. The van der Waals surface area contributed by atoms with E-state index in [4.69, 9.17) is 4.74 Å². The van der Waals surface area contributed by atoms with Crippen molar-refractivity contribution in [1.82, 2.24) is 29.9 Å². The van der Waals surface area contributed by atoms with Gasteiger partial charge in [-0.1, -0.05) is 18.2 Å². The first kappa shape index (κ1) is 26.0. The van der Waals surface area contributed by atoms with Gasteiger partial charge < -0.3 is 14.5 Å². The molecule has 0 aliphatic carbocycles. The lowest BCUT2D eigenvalue weighted by molar-refractivity contribution is -0.156. The number of H-pyrrole nitrogens is 1. The number of fused-ring (bicyclic) bond motifs is 2. The van der Waals surface area contributed by atoms with Crippen LogP contribution in [0, 0.1) is 0 Å². The van der Waals surface area contributed by atoms with Crippen LogP contribution < -0.4 is 4.74 Å². The summed E-state index contributed by atoms with van der Waals surface area (Å²) in [6, 6.07) is 8.17. The van der Waals surface area contributed by atoms with E-state index in [0.717, 1.165) is 15.8 Å². The summed E-state index contributed by atoms with van der Waals surface area (Å²) >= 11 is 0. The van der Waals surface area contributed by atoms with Crippen molar-refractivity contribution in [2.45, 2.75) is 44.1 Å². The number of hydrogen-bond acceptors (Lipinski definition) is 6. The fourth-order valence-electron chi connectivity index (χ4n) is 5.15. The van der Waals surface area contributed by atoms with E-state index in [1.807, 2.05) is 24.3 Å². The Kier molecular flexibility index (Phi) is 6.76. The van der Waals surface area contributed by atoms with E-state index in [9.17, 15) is 22.8 Å². The molecule has 9 nitrogen and oxygen atoms in total. The van der Waals surface area contributed by atoms with Crippen LogP contribution in [0.4, 0.5) is 13.2 Å². The van der Waals surface area contributed by atoms with Gasteiger partial charge in [0.05, 0.1) is 30.9 Å². The minimum absolute atomic E-state index is 0.153. The van der Waals surface area contributed by atoms with Gasteiger partial charge in [0.1, 0.15) is 11.4 Å². The number of amides is 2. The molecule has 1 fully saturated rings. The van der Waals surface area contributed by atoms with Crippen molar-refractivity contribution in [2.75, 3.05) is 33.2 Å². The van der Waals surface area contributed by atoms with E-state index in [2.05, 4.69) is 15.2 Å². The number of nitrogens with one attached hydrogen (secondary N) is 1. The molecule has 0 saturated carbocycles. The van der Waals surface area contributed by atoms with Gasteiger partial charge in [-0.3, -0.25) is 19.6 Å². The van der Waals surface area contributed by atoms with Crippen molar-refractivity contribution < 1.29 is 27.5 Å². The zero-order valence-electron chi connectivity index (χ0n) is 21.2. The quantitative estimate of drug-likeness (QED) is 0.557. The molecule has 2 amide bonds. The number of benzene rings is 1. The molecule has 1 aromatic carbocycles. The smallest absolute Gasteiger partial charge is 0.401 e. The van der Waals surface area contributed by atoms with Crippen LogP contribution in [-0.2, 0) is 11.3 Å². The fourth-order valence-corrected chi connectivity index (χ4v) is 5.15. The number of aromatic amines is 1. The van der Waals surface area contributed by atoms with E-state index in [-0.39, 0.29) is 19.0 Å². The summed E-state index contributed by atoms with van der Waals surface area (Å²) in [5.41, 5.74) is 1.08. The van der Waals surface area contributed by atoms with Gasteiger partial charge in [-0.05, 0) is 26.1 Å². The Balaban J connectivity index is 1.34. The summed E-state index contributed by atoms with van der Waals surface area (Å²) in [6.45, 7) is 1.56. The van der Waals surface area contributed by atoms with Gasteiger partial charge >= 0.3 is 6.18 Å². The van der Waals surface area contributed by atoms with Crippen molar-refractivity contribution >= 4 is 22.8 Å². The van der Waals surface area contributed by atoms with Crippen LogP contribution >= 0.6 is 0 Å². The predicted octanol–water partition coefficient (Wildman–Crippen LogP) is 3.24. The number of pyridine rings is 1. The number of halogens is 3. The molecule has 0 bridgehead atoms. The third-order valence-electron chi connectivity index (χ3n) is 7.40. The third kappa shape index (κ3) is 5.31. The van der Waals surface area contributed by atoms with E-state index in [0.29, 0.717) is 42.9 Å². The number of hydrogen-bond donors (Lipinski definition) is 1. The Morgan fingerprint density at radius 2 is 1.92 bits per heavy atom. The topological polar surface area (TPSA) is 94.7 Å². The molecule has 1 atom stereocenters. The number of piperidine rings is 1. The summed E-state index contributed by atoms with van der Waals surface area (Å²) < 4.78 is 45.4. The fraction of sp³-hybridized carbons (Fsp3) is 0.462. The third-order valence-corrected chi connectivity index (χ3v) is 7.40. The van der Waals surface area contributed by atoms with E-state index < -0.39 is 30.3 Å². The molecule has 2 aromatic heterocycles. The van der Waals surface area contributed by atoms with E-state index in [1.54, 1.807) is 22.1 Å². The van der Waals surface area contributed by atoms with Gasteiger partial charge in [-0.15, -0.1) is 0 Å². The Labute approximate surface area is 217 Å². The van der Waals surface area contributed by atoms with Gasteiger partial charge in [-0.2, -0.15) is 18.3 Å². The molecule has 0 radical (unpaired) electrons. The standard InChI is InChI=1S/C26H29F3N6O3/c1-17(33(2)16-26(27,28)29)23(36)35-14-18-5-3-4-6-21(18)38-25(15-35)7-9-34(10-8-25)24(37)20-11-19-13-31-32-22(19)30-12-20/h3-6,11-13,17H,7-10,14-16H2,1-2H3,(H,30,31,32)/t17-/m0/s1. The number of carbonyl (C=O) groups excluding carboxylic acids is 2. The zero-order chi connectivity index (χ0) is 27.1. The number of carbonyl (C=O) groups is 2. The van der Waals surface area contributed by atoms with Gasteiger partial charge in [0.15, 0.2) is 5.65 Å². The monoisotopic (exact) mass is 530 g/mol. The maximum Gasteiger partial charge on any atom is 0.401 e. The second kappa shape index (κ2) is 9.90. The number of likely N-dealkylation sites (tertiary alicyclic amines) is 1. The summed E-state index contributed by atoms with van der Waals surface area (Å²) in [5, 5.41) is 7.45. The van der Waals surface area contributed by atoms with Crippen LogP contribution in [0.15, 0.2) is 42.7 Å². The van der Waals surface area contributed by atoms with Crippen molar-refractivity contribution in [1.29, 1.82) is 0 Å². The molecule has 3 aromatic rings. The largest absolute Gasteiger partial charge is 0.485 e. The molecule has 1 N–H and O–H groups in total. The second-order valence-electron chi connectivity index (χ2n) is 10.1. The maximum atomic E-state index is 13.4. The number of nitrogens with zero attached hydrogens (tertiary/aromatic N) is 5. The number of likely N-dealkylation sites (N-methyl/N-ethyl adjacent to an activating group) is 1. The average molecular weight is 531 g/mol. The van der Waals surface area contributed by atoms with Crippen LogP contribution in [0.5, 0.6) is 5.75 Å². The lowest BCUT2D eigenvalue weighted by Gasteiger charge is -2.43. The van der Waals surface area contributed by atoms with Gasteiger partial charge in [0, 0.05) is 49.6 Å². The predicted molar refractivity (Wildman–Crippen MR) is 132 cm³/mol. The highest BCUT2D eigenvalue weighted by molar-refractivity contribution is 5.96. The summed E-state index contributed by atoms with van der Waals surface area (Å²) in [6.07, 6.45) is -0.350. The minimum Gasteiger partial charge on any atom is -0.485 e. The normalized spacial score (nSPS) is 18.3. The highest BCUT2D eigenvalue weighted by Crippen LogP contribution is 2.36. The lowest BCUT2D eigenvalue weighted by atomic mass is 9.89. The Morgan fingerprint density at radius 1 is 1.18 bits per heavy atom. The molecule has 1 saturated heterocycles. The highest BCUT2D eigenvalue weighted by Gasteiger charge is 2.44.